The molecule has 1 heterocycles. The number of likely N-dealkylation sites (N-methyl/N-ethyl adjacent to an activating group) is 1. The van der Waals surface area contributed by atoms with E-state index in [0.29, 0.717) is 18.5 Å². The zero-order chi connectivity index (χ0) is 15.3. The van der Waals surface area contributed by atoms with E-state index >= 15 is 0 Å². The molecule has 0 amide bonds. The van der Waals surface area contributed by atoms with Crippen LogP contribution in [0, 0.1) is 0 Å². The average molecular weight is 295 g/mol. The van der Waals surface area contributed by atoms with Gasteiger partial charge in [-0.1, -0.05) is 37.8 Å². The van der Waals surface area contributed by atoms with Gasteiger partial charge in [0.2, 0.25) is 11.7 Å². The van der Waals surface area contributed by atoms with Crippen LogP contribution in [0.5, 0.6) is 0 Å². The molecule has 0 aromatic carbocycles. The van der Waals surface area contributed by atoms with E-state index in [9.17, 15) is 0 Å². The highest BCUT2D eigenvalue weighted by Gasteiger charge is 2.38. The summed E-state index contributed by atoms with van der Waals surface area (Å²) in [5.74, 6) is 1.65. The minimum Gasteiger partial charge on any atom is -0.367 e. The van der Waals surface area contributed by atoms with Crippen LogP contribution in [0.3, 0.4) is 0 Å². The van der Waals surface area contributed by atoms with Gasteiger partial charge in [-0.25, -0.2) is 0 Å². The molecule has 0 aliphatic heterocycles. The number of nitrogens with zero attached hydrogens (tertiary/aromatic N) is 2. The summed E-state index contributed by atoms with van der Waals surface area (Å²) in [5, 5.41) is 7.51. The monoisotopic (exact) mass is 295 g/mol. The Morgan fingerprint density at radius 2 is 1.90 bits per heavy atom. The fourth-order valence-corrected chi connectivity index (χ4v) is 3.08. The number of ether oxygens (including phenoxy) is 1. The van der Waals surface area contributed by atoms with Gasteiger partial charge in [-0.15, -0.1) is 0 Å². The standard InChI is InChI=1S/C16H29N3O2/c1-5-20-16(10-8-6-7-9-11-16)15-18-14(21-19-15)12(2)13(3)17-4/h12-13,17H,5-11H2,1-4H3. The van der Waals surface area contributed by atoms with Crippen molar-refractivity contribution in [3.8, 4) is 0 Å². The van der Waals surface area contributed by atoms with Gasteiger partial charge in [0.15, 0.2) is 0 Å². The van der Waals surface area contributed by atoms with E-state index in [2.05, 4.69) is 24.3 Å². The maximum absolute atomic E-state index is 6.12. The van der Waals surface area contributed by atoms with Crippen molar-refractivity contribution in [1.29, 1.82) is 0 Å². The maximum atomic E-state index is 6.12. The maximum Gasteiger partial charge on any atom is 0.231 e. The van der Waals surface area contributed by atoms with Crippen LogP contribution >= 0.6 is 0 Å². The van der Waals surface area contributed by atoms with E-state index < -0.39 is 0 Å². The van der Waals surface area contributed by atoms with Crippen LogP contribution in [0.15, 0.2) is 4.52 Å². The zero-order valence-electron chi connectivity index (χ0n) is 13.8. The van der Waals surface area contributed by atoms with Crippen LogP contribution in [0.25, 0.3) is 0 Å². The Morgan fingerprint density at radius 3 is 2.48 bits per heavy atom. The predicted octanol–water partition coefficient (Wildman–Crippen LogP) is 3.37. The van der Waals surface area contributed by atoms with Crippen LogP contribution in [-0.2, 0) is 10.3 Å². The summed E-state index contributed by atoms with van der Waals surface area (Å²) >= 11 is 0. The minimum absolute atomic E-state index is 0.195. The first kappa shape index (κ1) is 16.4. The second kappa shape index (κ2) is 7.36. The topological polar surface area (TPSA) is 60.2 Å². The molecule has 2 rings (SSSR count). The highest BCUT2D eigenvalue weighted by atomic mass is 16.5. The fraction of sp³-hybridized carbons (Fsp3) is 0.875. The van der Waals surface area contributed by atoms with Crippen molar-refractivity contribution < 1.29 is 9.26 Å². The van der Waals surface area contributed by atoms with Crippen LogP contribution in [0.4, 0.5) is 0 Å². The molecule has 21 heavy (non-hydrogen) atoms. The van der Waals surface area contributed by atoms with E-state index in [4.69, 9.17) is 14.2 Å². The third kappa shape index (κ3) is 3.64. The number of hydrogen-bond acceptors (Lipinski definition) is 5. The van der Waals surface area contributed by atoms with Gasteiger partial charge in [0.1, 0.15) is 5.60 Å². The molecule has 2 unspecified atom stereocenters. The number of rotatable bonds is 6. The molecule has 1 aliphatic rings. The number of aromatic nitrogens is 2. The van der Waals surface area contributed by atoms with E-state index in [1.54, 1.807) is 0 Å². The Hall–Kier alpha value is -0.940. The highest BCUT2D eigenvalue weighted by molar-refractivity contribution is 5.05. The molecule has 2 atom stereocenters. The van der Waals surface area contributed by atoms with E-state index in [0.717, 1.165) is 18.7 Å². The van der Waals surface area contributed by atoms with E-state index in [1.165, 1.54) is 25.7 Å². The molecule has 0 spiro atoms. The Kier molecular flexibility index (Phi) is 5.76. The lowest BCUT2D eigenvalue weighted by atomic mass is 9.93. The molecule has 1 N–H and O–H groups in total. The normalized spacial score (nSPS) is 21.7. The molecular formula is C16H29N3O2. The average Bonchev–Trinajstić information content (AvgIpc) is 2.88. The van der Waals surface area contributed by atoms with Gasteiger partial charge < -0.3 is 14.6 Å². The first-order chi connectivity index (χ1) is 10.1. The van der Waals surface area contributed by atoms with Crippen LogP contribution < -0.4 is 5.32 Å². The number of nitrogens with one attached hydrogen (secondary N) is 1. The molecule has 0 radical (unpaired) electrons. The minimum atomic E-state index is -0.338. The summed E-state index contributed by atoms with van der Waals surface area (Å²) in [7, 11) is 1.95. The van der Waals surface area contributed by atoms with Gasteiger partial charge in [-0.3, -0.25) is 0 Å². The SMILES string of the molecule is CCOC1(c2noc(C(C)C(C)NC)n2)CCCCCC1. The van der Waals surface area contributed by atoms with E-state index in [1.807, 2.05) is 14.0 Å². The predicted molar refractivity (Wildman–Crippen MR) is 82.2 cm³/mol. The highest BCUT2D eigenvalue weighted by Crippen LogP contribution is 2.38. The van der Waals surface area contributed by atoms with Gasteiger partial charge in [-0.05, 0) is 33.7 Å². The van der Waals surface area contributed by atoms with Crippen molar-refractivity contribution in [3.05, 3.63) is 11.7 Å². The lowest BCUT2D eigenvalue weighted by molar-refractivity contribution is -0.0636. The van der Waals surface area contributed by atoms with Crippen molar-refractivity contribution in [2.24, 2.45) is 0 Å². The lowest BCUT2D eigenvalue weighted by Crippen LogP contribution is -2.31. The molecule has 1 aliphatic carbocycles. The fourth-order valence-electron chi connectivity index (χ4n) is 3.08. The molecule has 1 fully saturated rings. The Balaban J connectivity index is 2.23. The van der Waals surface area contributed by atoms with Crippen molar-refractivity contribution >= 4 is 0 Å². The molecule has 5 nitrogen and oxygen atoms in total. The van der Waals surface area contributed by atoms with Crippen LogP contribution in [0.1, 0.15) is 76.9 Å². The molecule has 0 bridgehead atoms. The summed E-state index contributed by atoms with van der Waals surface area (Å²) in [6.07, 6.45) is 6.88. The van der Waals surface area contributed by atoms with Gasteiger partial charge in [0.05, 0.1) is 5.92 Å². The molecule has 1 saturated carbocycles. The van der Waals surface area contributed by atoms with E-state index in [-0.39, 0.29) is 11.5 Å². The third-order valence-corrected chi connectivity index (χ3v) is 4.78. The summed E-state index contributed by atoms with van der Waals surface area (Å²) in [6.45, 7) is 6.96. The van der Waals surface area contributed by atoms with Crippen molar-refractivity contribution in [3.63, 3.8) is 0 Å². The summed E-state index contributed by atoms with van der Waals surface area (Å²) in [6, 6.07) is 0.301. The second-order valence-corrected chi connectivity index (χ2v) is 6.16. The lowest BCUT2D eigenvalue weighted by Gasteiger charge is -2.29. The first-order valence-electron chi connectivity index (χ1n) is 8.28. The summed E-state index contributed by atoms with van der Waals surface area (Å²) in [4.78, 5) is 4.69. The van der Waals surface area contributed by atoms with Gasteiger partial charge in [0.25, 0.3) is 0 Å². The Morgan fingerprint density at radius 1 is 1.24 bits per heavy atom. The molecule has 0 saturated heterocycles. The van der Waals surface area contributed by atoms with Crippen molar-refractivity contribution in [1.82, 2.24) is 15.5 Å². The summed E-state index contributed by atoms with van der Waals surface area (Å²) in [5.41, 5.74) is -0.338. The molecular weight excluding hydrogens is 266 g/mol. The third-order valence-electron chi connectivity index (χ3n) is 4.78. The quantitative estimate of drug-likeness (QED) is 0.815. The Bertz CT molecular complexity index is 425. The smallest absolute Gasteiger partial charge is 0.231 e. The van der Waals surface area contributed by atoms with Crippen molar-refractivity contribution in [2.45, 2.75) is 76.9 Å². The van der Waals surface area contributed by atoms with Gasteiger partial charge >= 0.3 is 0 Å². The van der Waals surface area contributed by atoms with Crippen LogP contribution in [0.2, 0.25) is 0 Å². The largest absolute Gasteiger partial charge is 0.367 e. The Labute approximate surface area is 127 Å². The van der Waals surface area contributed by atoms with Gasteiger partial charge in [0, 0.05) is 12.6 Å². The van der Waals surface area contributed by atoms with Crippen LogP contribution in [-0.4, -0.2) is 29.8 Å². The van der Waals surface area contributed by atoms with Gasteiger partial charge in [-0.2, -0.15) is 4.98 Å². The first-order valence-corrected chi connectivity index (χ1v) is 8.28. The van der Waals surface area contributed by atoms with Crippen molar-refractivity contribution in [2.75, 3.05) is 13.7 Å². The number of hydrogen-bond donors (Lipinski definition) is 1. The molecule has 1 aromatic rings. The second-order valence-electron chi connectivity index (χ2n) is 6.16. The summed E-state index contributed by atoms with van der Waals surface area (Å²) < 4.78 is 11.6. The zero-order valence-corrected chi connectivity index (χ0v) is 13.8. The molecule has 120 valence electrons. The molecule has 5 heteroatoms. The molecule has 1 aromatic heterocycles.